The van der Waals surface area contributed by atoms with E-state index in [9.17, 15) is 0 Å². The van der Waals surface area contributed by atoms with Gasteiger partial charge in [-0.3, -0.25) is 0 Å². The molecule has 0 saturated carbocycles. The lowest BCUT2D eigenvalue weighted by Gasteiger charge is -2.21. The average Bonchev–Trinajstić information content (AvgIpc) is 2.80. The summed E-state index contributed by atoms with van der Waals surface area (Å²) in [5.41, 5.74) is 3.54. The molecule has 0 radical (unpaired) electrons. The molecule has 0 spiro atoms. The number of rotatable bonds is 6. The largest absolute Gasteiger partial charge is 0.422 e. The van der Waals surface area contributed by atoms with Crippen molar-refractivity contribution in [3.8, 4) is 28.4 Å². The van der Waals surface area contributed by atoms with Crippen molar-refractivity contribution in [3.05, 3.63) is 94.6 Å². The van der Waals surface area contributed by atoms with Crippen LogP contribution in [0.2, 0.25) is 10.0 Å². The molecule has 32 heavy (non-hydrogen) atoms. The van der Waals surface area contributed by atoms with Crippen molar-refractivity contribution in [1.82, 2.24) is 9.97 Å². The maximum absolute atomic E-state index is 6.62. The minimum atomic E-state index is -1.66. The van der Waals surface area contributed by atoms with E-state index in [4.69, 9.17) is 51.1 Å². The van der Waals surface area contributed by atoms with Crippen LogP contribution in [0.15, 0.2) is 83.9 Å². The Morgan fingerprint density at radius 1 is 0.875 bits per heavy atom. The number of hydrogen-bond donors (Lipinski definition) is 0. The molecule has 0 unspecified atom stereocenters. The van der Waals surface area contributed by atoms with Gasteiger partial charge in [0.25, 0.3) is 4.52 Å². The van der Waals surface area contributed by atoms with Crippen molar-refractivity contribution < 1.29 is 4.74 Å². The molecule has 0 atom stereocenters. The predicted molar refractivity (Wildman–Crippen MR) is 135 cm³/mol. The fourth-order valence-electron chi connectivity index (χ4n) is 3.08. The summed E-state index contributed by atoms with van der Waals surface area (Å²) >= 11 is 27.2. The number of ether oxygens (including phenoxy) is 1. The van der Waals surface area contributed by atoms with Gasteiger partial charge < -0.3 is 4.74 Å². The summed E-state index contributed by atoms with van der Waals surface area (Å²) in [7, 11) is 0. The molecule has 0 N–H and O–H groups in total. The molecular weight excluding hydrogens is 506 g/mol. The van der Waals surface area contributed by atoms with E-state index in [0.29, 0.717) is 21.3 Å². The first-order chi connectivity index (χ1) is 15.4. The van der Waals surface area contributed by atoms with Crippen molar-refractivity contribution >= 4 is 58.2 Å². The van der Waals surface area contributed by atoms with E-state index in [1.807, 2.05) is 66.9 Å². The number of benzene rings is 3. The van der Waals surface area contributed by atoms with Gasteiger partial charge in [-0.15, -0.1) is 11.8 Å². The first kappa shape index (κ1) is 23.2. The van der Waals surface area contributed by atoms with Crippen LogP contribution < -0.4 is 4.74 Å². The molecule has 4 rings (SSSR count). The first-order valence-electron chi connectivity index (χ1n) is 9.46. The van der Waals surface area contributed by atoms with E-state index in [2.05, 4.69) is 9.97 Å². The molecule has 1 aromatic heterocycles. The monoisotopic (exact) mass is 520 g/mol. The van der Waals surface area contributed by atoms with Gasteiger partial charge in [-0.1, -0.05) is 94.9 Å². The maximum atomic E-state index is 6.62. The molecule has 0 aliphatic rings. The molecule has 3 nitrogen and oxygen atoms in total. The molecular formula is C24H16Cl4N2OS. The molecule has 0 bridgehead atoms. The number of alkyl halides is 2. The third-order valence-corrected chi connectivity index (χ3v) is 6.56. The van der Waals surface area contributed by atoms with Crippen LogP contribution in [-0.4, -0.2) is 16.2 Å². The van der Waals surface area contributed by atoms with Gasteiger partial charge in [0.15, 0.2) is 0 Å². The van der Waals surface area contributed by atoms with Gasteiger partial charge in [-0.25, -0.2) is 4.98 Å². The van der Waals surface area contributed by atoms with Crippen molar-refractivity contribution in [2.24, 2.45) is 0 Å². The van der Waals surface area contributed by atoms with Gasteiger partial charge in [-0.2, -0.15) is 4.98 Å². The molecule has 0 aliphatic carbocycles. The van der Waals surface area contributed by atoms with Gasteiger partial charge >= 0.3 is 6.01 Å². The number of aromatic nitrogens is 2. The molecule has 0 saturated heterocycles. The fourth-order valence-corrected chi connectivity index (χ4v) is 4.37. The Kier molecular flexibility index (Phi) is 7.18. The van der Waals surface area contributed by atoms with Crippen LogP contribution in [0.1, 0.15) is 5.56 Å². The number of nitrogens with zero attached hydrogens (tertiary/aromatic N) is 2. The summed E-state index contributed by atoms with van der Waals surface area (Å²) in [5.74, 6) is 0. The van der Waals surface area contributed by atoms with E-state index in [-0.39, 0.29) is 6.01 Å². The minimum absolute atomic E-state index is 0.0246. The standard InChI is InChI=1S/C24H16Cl4N2OS/c1-32-18-11-12-19(21(26)13-18)22-20(15-7-9-17(25)10-8-15)14-29-23(30-22)31-24(27,28)16-5-3-2-4-6-16/h2-14H,1H3. The summed E-state index contributed by atoms with van der Waals surface area (Å²) in [6, 6.07) is 22.3. The van der Waals surface area contributed by atoms with Crippen LogP contribution in [0.5, 0.6) is 6.01 Å². The number of hydrogen-bond acceptors (Lipinski definition) is 4. The highest BCUT2D eigenvalue weighted by molar-refractivity contribution is 7.98. The fraction of sp³-hybridized carbons (Fsp3) is 0.0833. The molecule has 4 aromatic rings. The SMILES string of the molecule is CSc1ccc(-c2nc(OC(Cl)(Cl)c3ccccc3)ncc2-c2ccc(Cl)cc2)c(Cl)c1. The maximum Gasteiger partial charge on any atom is 0.319 e. The van der Waals surface area contributed by atoms with E-state index in [1.54, 1.807) is 30.1 Å². The Morgan fingerprint density at radius 3 is 2.25 bits per heavy atom. The Hall–Kier alpha value is -1.95. The zero-order valence-corrected chi connectivity index (χ0v) is 20.6. The van der Waals surface area contributed by atoms with Crippen LogP contribution in [0.3, 0.4) is 0 Å². The third-order valence-electron chi connectivity index (χ3n) is 4.68. The number of thioether (sulfide) groups is 1. The second-order valence-corrected chi connectivity index (χ2v) is 9.73. The normalized spacial score (nSPS) is 11.4. The molecule has 1 heterocycles. The second kappa shape index (κ2) is 9.90. The third kappa shape index (κ3) is 5.16. The highest BCUT2D eigenvalue weighted by atomic mass is 35.5. The van der Waals surface area contributed by atoms with E-state index in [1.165, 1.54) is 0 Å². The summed E-state index contributed by atoms with van der Waals surface area (Å²) < 4.78 is 4.13. The minimum Gasteiger partial charge on any atom is -0.422 e. The van der Waals surface area contributed by atoms with E-state index >= 15 is 0 Å². The summed E-state index contributed by atoms with van der Waals surface area (Å²) in [6.45, 7) is 0. The smallest absolute Gasteiger partial charge is 0.319 e. The Balaban J connectivity index is 1.81. The van der Waals surface area contributed by atoms with E-state index < -0.39 is 4.52 Å². The summed E-state index contributed by atoms with van der Waals surface area (Å²) in [5, 5.41) is 1.19. The first-order valence-corrected chi connectivity index (χ1v) is 12.2. The molecule has 3 aromatic carbocycles. The number of halogens is 4. The van der Waals surface area contributed by atoms with Crippen molar-refractivity contribution in [2.75, 3.05) is 6.26 Å². The van der Waals surface area contributed by atoms with Crippen LogP contribution >= 0.6 is 58.2 Å². The van der Waals surface area contributed by atoms with Crippen LogP contribution in [0, 0.1) is 0 Å². The Labute approximate surface area is 210 Å². The van der Waals surface area contributed by atoms with E-state index in [0.717, 1.165) is 21.6 Å². The zero-order valence-electron chi connectivity index (χ0n) is 16.7. The van der Waals surface area contributed by atoms with Crippen LogP contribution in [0.4, 0.5) is 0 Å². The Bertz CT molecular complexity index is 1230. The average molecular weight is 522 g/mol. The molecule has 0 aliphatic heterocycles. The van der Waals surface area contributed by atoms with Crippen molar-refractivity contribution in [3.63, 3.8) is 0 Å². The summed E-state index contributed by atoms with van der Waals surface area (Å²) in [6.07, 6.45) is 3.65. The quantitative estimate of drug-likeness (QED) is 0.188. The van der Waals surface area contributed by atoms with Gasteiger partial charge in [0.1, 0.15) is 0 Å². The lowest BCUT2D eigenvalue weighted by molar-refractivity contribution is 0.225. The molecule has 162 valence electrons. The van der Waals surface area contributed by atoms with Gasteiger partial charge in [-0.05, 0) is 36.1 Å². The topological polar surface area (TPSA) is 35.0 Å². The molecule has 0 fully saturated rings. The van der Waals surface area contributed by atoms with Crippen molar-refractivity contribution in [2.45, 2.75) is 9.41 Å². The van der Waals surface area contributed by atoms with Crippen LogP contribution in [0.25, 0.3) is 22.4 Å². The molecule has 8 heteroatoms. The predicted octanol–water partition coefficient (Wildman–Crippen LogP) is 8.51. The molecule has 0 amide bonds. The second-order valence-electron chi connectivity index (χ2n) is 6.75. The van der Waals surface area contributed by atoms with Crippen molar-refractivity contribution in [1.29, 1.82) is 0 Å². The summed E-state index contributed by atoms with van der Waals surface area (Å²) in [4.78, 5) is 10.0. The lowest BCUT2D eigenvalue weighted by atomic mass is 10.0. The highest BCUT2D eigenvalue weighted by Gasteiger charge is 2.30. The van der Waals surface area contributed by atoms with Gasteiger partial charge in [0, 0.05) is 32.8 Å². The van der Waals surface area contributed by atoms with Gasteiger partial charge in [0.05, 0.1) is 10.7 Å². The van der Waals surface area contributed by atoms with Gasteiger partial charge in [0.2, 0.25) is 0 Å². The zero-order chi connectivity index (χ0) is 22.7. The Morgan fingerprint density at radius 2 is 1.59 bits per heavy atom. The highest BCUT2D eigenvalue weighted by Crippen LogP contribution is 2.39. The lowest BCUT2D eigenvalue weighted by Crippen LogP contribution is -2.20. The van der Waals surface area contributed by atoms with Crippen LogP contribution in [-0.2, 0) is 4.52 Å².